The maximum atomic E-state index is 14.5. The third-order valence-electron chi connectivity index (χ3n) is 4.71. The van der Waals surface area contributed by atoms with Crippen LogP contribution in [0.5, 0.6) is 17.2 Å². The summed E-state index contributed by atoms with van der Waals surface area (Å²) in [6, 6.07) is 5.07. The van der Waals surface area contributed by atoms with Crippen LogP contribution in [0.1, 0.15) is 16.1 Å². The van der Waals surface area contributed by atoms with Crippen LogP contribution < -0.4 is 25.4 Å². The summed E-state index contributed by atoms with van der Waals surface area (Å²) in [5.41, 5.74) is -2.37. The van der Waals surface area contributed by atoms with Crippen LogP contribution in [-0.2, 0) is 10.8 Å². The number of urea groups is 1. The maximum absolute atomic E-state index is 14.5. The second-order valence-corrected chi connectivity index (χ2v) is 7.29. The first-order chi connectivity index (χ1) is 17.4. The number of nitrogens with one attached hydrogen (secondary N) is 3. The molecule has 0 bridgehead atoms. The number of ether oxygens (including phenoxy) is 3. The Hall–Kier alpha value is -4.53. The van der Waals surface area contributed by atoms with E-state index in [1.54, 1.807) is 0 Å². The molecule has 0 fully saturated rings. The van der Waals surface area contributed by atoms with E-state index in [1.165, 1.54) is 25.4 Å². The number of amides is 3. The minimum atomic E-state index is -4.57. The number of alkyl halides is 4. The standard InChI is InChI=1S/C22H14F6N4O5/c1-29-19(33)16-9-11(4-5-30-16)35-12-7-14(23)18(15(24)8-12)32-20(34)31-10-2-3-17-13(6-10)21(25,26)37-22(27,28)36-17/h2-9H,1H3,(H,29,33)(H2,31,32,34). The Kier molecular flexibility index (Phi) is 6.56. The van der Waals surface area contributed by atoms with Gasteiger partial charge in [0.15, 0.2) is 11.6 Å². The number of pyridine rings is 1. The fraction of sp³-hybridized carbons (Fsp3) is 0.136. The second-order valence-electron chi connectivity index (χ2n) is 7.29. The van der Waals surface area contributed by atoms with Crippen molar-refractivity contribution >= 4 is 23.3 Å². The Bertz CT molecular complexity index is 1360. The number of anilines is 2. The summed E-state index contributed by atoms with van der Waals surface area (Å²) >= 11 is 0. The Balaban J connectivity index is 1.47. The van der Waals surface area contributed by atoms with Crippen molar-refractivity contribution in [2.45, 2.75) is 12.4 Å². The number of benzene rings is 2. The minimum absolute atomic E-state index is 0.0114. The maximum Gasteiger partial charge on any atom is 0.540 e. The van der Waals surface area contributed by atoms with Gasteiger partial charge < -0.3 is 25.4 Å². The third-order valence-corrected chi connectivity index (χ3v) is 4.71. The van der Waals surface area contributed by atoms with E-state index in [0.29, 0.717) is 6.07 Å². The van der Waals surface area contributed by atoms with Gasteiger partial charge in [0.1, 0.15) is 28.6 Å². The van der Waals surface area contributed by atoms with Crippen LogP contribution in [0, 0.1) is 11.6 Å². The van der Waals surface area contributed by atoms with Crippen molar-refractivity contribution in [1.29, 1.82) is 0 Å². The van der Waals surface area contributed by atoms with E-state index in [9.17, 15) is 35.9 Å². The molecule has 3 amide bonds. The number of rotatable bonds is 5. The van der Waals surface area contributed by atoms with Crippen molar-refractivity contribution in [2.75, 3.05) is 17.7 Å². The molecule has 0 radical (unpaired) electrons. The Morgan fingerprint density at radius 2 is 1.65 bits per heavy atom. The predicted molar refractivity (Wildman–Crippen MR) is 114 cm³/mol. The molecule has 2 heterocycles. The summed E-state index contributed by atoms with van der Waals surface area (Å²) in [7, 11) is 1.38. The Labute approximate surface area is 203 Å². The first kappa shape index (κ1) is 25.6. The Morgan fingerprint density at radius 3 is 2.32 bits per heavy atom. The van der Waals surface area contributed by atoms with Crippen LogP contribution in [0.4, 0.5) is 42.5 Å². The first-order valence-corrected chi connectivity index (χ1v) is 10.1. The SMILES string of the molecule is CNC(=O)c1cc(Oc2cc(F)c(NC(=O)Nc3ccc4c(c3)C(F)(F)OC(F)(F)O4)c(F)c2)ccn1. The van der Waals surface area contributed by atoms with Crippen molar-refractivity contribution in [3.8, 4) is 17.2 Å². The average molecular weight is 528 g/mol. The molecular formula is C22H14F6N4O5. The van der Waals surface area contributed by atoms with Gasteiger partial charge in [-0.25, -0.2) is 18.3 Å². The van der Waals surface area contributed by atoms with Gasteiger partial charge in [-0.2, -0.15) is 8.78 Å². The monoisotopic (exact) mass is 528 g/mol. The van der Waals surface area contributed by atoms with Crippen LogP contribution in [0.15, 0.2) is 48.7 Å². The molecule has 1 aliphatic heterocycles. The highest BCUT2D eigenvalue weighted by Gasteiger charge is 2.54. The van der Waals surface area contributed by atoms with E-state index < -0.39 is 53.0 Å². The van der Waals surface area contributed by atoms with Crippen molar-refractivity contribution in [2.24, 2.45) is 0 Å². The third kappa shape index (κ3) is 5.66. The molecule has 0 aliphatic carbocycles. The van der Waals surface area contributed by atoms with Crippen LogP contribution in [-0.4, -0.2) is 30.3 Å². The lowest BCUT2D eigenvalue weighted by Crippen LogP contribution is -2.41. The van der Waals surface area contributed by atoms with Gasteiger partial charge in [0.2, 0.25) is 0 Å². The van der Waals surface area contributed by atoms with E-state index in [0.717, 1.165) is 24.3 Å². The predicted octanol–water partition coefficient (Wildman–Crippen LogP) is 5.16. The minimum Gasteiger partial charge on any atom is -0.457 e. The molecular weight excluding hydrogens is 514 g/mol. The summed E-state index contributed by atoms with van der Waals surface area (Å²) in [5, 5.41) is 6.27. The highest BCUT2D eigenvalue weighted by atomic mass is 19.3. The first-order valence-electron chi connectivity index (χ1n) is 10.1. The molecule has 194 valence electrons. The summed E-state index contributed by atoms with van der Waals surface area (Å²) in [6.45, 7) is 0. The molecule has 0 spiro atoms. The smallest absolute Gasteiger partial charge is 0.457 e. The van der Waals surface area contributed by atoms with E-state index in [-0.39, 0.29) is 22.9 Å². The quantitative estimate of drug-likeness (QED) is 0.395. The molecule has 0 saturated carbocycles. The van der Waals surface area contributed by atoms with Gasteiger partial charge in [-0.05, 0) is 24.3 Å². The summed E-state index contributed by atoms with van der Waals surface area (Å²) in [5.74, 6) is -4.20. The fourth-order valence-electron chi connectivity index (χ4n) is 3.14. The molecule has 0 atom stereocenters. The van der Waals surface area contributed by atoms with Gasteiger partial charge in [0, 0.05) is 37.1 Å². The van der Waals surface area contributed by atoms with E-state index in [2.05, 4.69) is 19.8 Å². The van der Waals surface area contributed by atoms with Crippen molar-refractivity contribution in [3.05, 3.63) is 71.6 Å². The molecule has 3 N–H and O–H groups in total. The topological polar surface area (TPSA) is 111 Å². The van der Waals surface area contributed by atoms with Crippen molar-refractivity contribution in [3.63, 3.8) is 0 Å². The zero-order valence-corrected chi connectivity index (χ0v) is 18.4. The van der Waals surface area contributed by atoms with Gasteiger partial charge in [-0.3, -0.25) is 9.78 Å². The summed E-state index contributed by atoms with van der Waals surface area (Å²) in [6.07, 6.45) is -7.78. The molecule has 15 heteroatoms. The number of hydrogen-bond donors (Lipinski definition) is 3. The highest BCUT2D eigenvalue weighted by molar-refractivity contribution is 6.00. The van der Waals surface area contributed by atoms with Crippen molar-refractivity contribution in [1.82, 2.24) is 10.3 Å². The number of nitrogens with zero attached hydrogens (tertiary/aromatic N) is 1. The zero-order chi connectivity index (χ0) is 27.0. The second kappa shape index (κ2) is 9.50. The zero-order valence-electron chi connectivity index (χ0n) is 18.4. The van der Waals surface area contributed by atoms with E-state index in [4.69, 9.17) is 4.74 Å². The number of halogens is 6. The van der Waals surface area contributed by atoms with Crippen molar-refractivity contribution < 1.29 is 50.1 Å². The summed E-state index contributed by atoms with van der Waals surface area (Å²) in [4.78, 5) is 27.7. The number of hydrogen-bond acceptors (Lipinski definition) is 6. The number of carbonyl (C=O) groups excluding carboxylic acids is 2. The van der Waals surface area contributed by atoms with E-state index in [1.807, 2.05) is 10.6 Å². The lowest BCUT2D eigenvalue weighted by Gasteiger charge is -2.30. The van der Waals surface area contributed by atoms with Gasteiger partial charge in [-0.15, -0.1) is 8.78 Å². The molecule has 0 saturated heterocycles. The highest BCUT2D eigenvalue weighted by Crippen LogP contribution is 2.46. The number of carbonyl (C=O) groups is 2. The largest absolute Gasteiger partial charge is 0.540 e. The molecule has 37 heavy (non-hydrogen) atoms. The number of aromatic nitrogens is 1. The molecule has 2 aromatic carbocycles. The van der Waals surface area contributed by atoms with Gasteiger partial charge in [0.05, 0.1) is 5.56 Å². The summed E-state index contributed by atoms with van der Waals surface area (Å²) < 4.78 is 95.8. The normalized spacial score (nSPS) is 15.1. The van der Waals surface area contributed by atoms with E-state index >= 15 is 0 Å². The Morgan fingerprint density at radius 1 is 0.946 bits per heavy atom. The van der Waals surface area contributed by atoms with Gasteiger partial charge in [-0.1, -0.05) is 0 Å². The lowest BCUT2D eigenvalue weighted by atomic mass is 10.1. The average Bonchev–Trinajstić information content (AvgIpc) is 2.80. The van der Waals surface area contributed by atoms with Crippen LogP contribution in [0.25, 0.3) is 0 Å². The fourth-order valence-corrected chi connectivity index (χ4v) is 3.14. The number of fused-ring (bicyclic) bond motifs is 1. The molecule has 1 aliphatic rings. The van der Waals surface area contributed by atoms with Gasteiger partial charge in [0.25, 0.3) is 5.91 Å². The van der Waals surface area contributed by atoms with Crippen LogP contribution >= 0.6 is 0 Å². The molecule has 3 aromatic rings. The molecule has 4 rings (SSSR count). The molecule has 0 unspecified atom stereocenters. The van der Waals surface area contributed by atoms with Gasteiger partial charge >= 0.3 is 18.4 Å². The van der Waals surface area contributed by atoms with Crippen LogP contribution in [0.2, 0.25) is 0 Å². The molecule has 1 aromatic heterocycles. The lowest BCUT2D eigenvalue weighted by molar-refractivity contribution is -0.461. The molecule has 9 nitrogen and oxygen atoms in total. The van der Waals surface area contributed by atoms with Crippen LogP contribution in [0.3, 0.4) is 0 Å².